The van der Waals surface area contributed by atoms with Gasteiger partial charge in [0, 0.05) is 23.6 Å². The molecule has 370 valence electrons. The molecular weight excluding hydrogens is 889 g/mol. The van der Waals surface area contributed by atoms with E-state index in [-0.39, 0.29) is 10.2 Å². The molecular formula is C66H82O2S2. The molecule has 0 heterocycles. The normalized spacial score (nSPS) is 11.8. The van der Waals surface area contributed by atoms with Crippen molar-refractivity contribution < 1.29 is 9.59 Å². The molecule has 0 aromatic heterocycles. The van der Waals surface area contributed by atoms with Crippen LogP contribution in [0.4, 0.5) is 0 Å². The standard InChI is InChI=1S/C66H82O2S2/c1-5-7-9-11-13-15-17-19-21-23-25-61-51-64(46-40-58-35-29-56(30-36-58)32-38-60-43-49-66(50-44-60)70-54(4)68)62(26-24-22-20-18-16-14-12-10-8-6-2)52-63(61)45-39-57-33-27-55(28-34-57)31-37-59-41-47-65(48-42-59)69-53(3)67/h27-52H,5-26H2,1-4H3/b37-31+,38-32+,45-39+,46-40+. The van der Waals surface area contributed by atoms with Gasteiger partial charge in [0.05, 0.1) is 0 Å². The zero-order valence-corrected chi connectivity index (χ0v) is 44.8. The zero-order chi connectivity index (χ0) is 49.4. The van der Waals surface area contributed by atoms with Crippen molar-refractivity contribution in [3.63, 3.8) is 0 Å². The minimum absolute atomic E-state index is 0.104. The molecule has 0 unspecified atom stereocenters. The Morgan fingerprint density at radius 3 is 0.814 bits per heavy atom. The molecule has 0 aliphatic carbocycles. The Balaban J connectivity index is 1.33. The number of carbonyl (C=O) groups excluding carboxylic acids is 2. The van der Waals surface area contributed by atoms with Gasteiger partial charge in [0.25, 0.3) is 0 Å². The van der Waals surface area contributed by atoms with Gasteiger partial charge in [0.1, 0.15) is 0 Å². The van der Waals surface area contributed by atoms with Gasteiger partial charge in [-0.05, 0) is 106 Å². The lowest BCUT2D eigenvalue weighted by molar-refractivity contribution is -0.109. The molecule has 0 amide bonds. The third-order valence-corrected chi connectivity index (χ3v) is 14.6. The number of aryl methyl sites for hydroxylation is 2. The van der Waals surface area contributed by atoms with Gasteiger partial charge >= 0.3 is 0 Å². The molecule has 0 aliphatic heterocycles. The summed E-state index contributed by atoms with van der Waals surface area (Å²) in [5.74, 6) is 0. The van der Waals surface area contributed by atoms with Gasteiger partial charge in [0.15, 0.2) is 10.2 Å². The Kier molecular flexibility index (Phi) is 26.9. The Morgan fingerprint density at radius 2 is 0.557 bits per heavy atom. The van der Waals surface area contributed by atoms with Crippen LogP contribution >= 0.6 is 23.5 Å². The lowest BCUT2D eigenvalue weighted by Gasteiger charge is -2.14. The number of rotatable bonds is 32. The summed E-state index contributed by atoms with van der Waals surface area (Å²) in [7, 11) is 0. The Bertz CT molecular complexity index is 2210. The van der Waals surface area contributed by atoms with Crippen LogP contribution in [0.15, 0.2) is 119 Å². The van der Waals surface area contributed by atoms with Gasteiger partial charge in [-0.3, -0.25) is 9.59 Å². The molecule has 2 nitrogen and oxygen atoms in total. The van der Waals surface area contributed by atoms with Crippen LogP contribution in [0.1, 0.15) is 212 Å². The monoisotopic (exact) mass is 971 g/mol. The van der Waals surface area contributed by atoms with E-state index in [0.717, 1.165) is 44.9 Å². The fourth-order valence-corrected chi connectivity index (χ4v) is 10.1. The molecule has 0 aliphatic rings. The minimum Gasteiger partial charge on any atom is -0.287 e. The molecule has 0 atom stereocenters. The maximum absolute atomic E-state index is 11.5. The summed E-state index contributed by atoms with van der Waals surface area (Å²) in [6.45, 7) is 7.80. The second kappa shape index (κ2) is 33.6. The van der Waals surface area contributed by atoms with Gasteiger partial charge in [-0.2, -0.15) is 0 Å². The smallest absolute Gasteiger partial charge is 0.190 e. The highest BCUT2D eigenvalue weighted by atomic mass is 32.2. The predicted molar refractivity (Wildman–Crippen MR) is 312 cm³/mol. The second-order valence-corrected chi connectivity index (χ2v) is 21.6. The van der Waals surface area contributed by atoms with E-state index in [1.54, 1.807) is 13.8 Å². The summed E-state index contributed by atoms with van der Waals surface area (Å²) in [6, 6.07) is 39.0. The molecule has 0 bridgehead atoms. The fraction of sp³-hybridized carbons (Fsp3) is 0.394. The lowest BCUT2D eigenvalue weighted by atomic mass is 9.91. The van der Waals surface area contributed by atoms with Gasteiger partial charge in [-0.15, -0.1) is 0 Å². The second-order valence-electron chi connectivity index (χ2n) is 19.1. The maximum Gasteiger partial charge on any atom is 0.190 e. The van der Waals surface area contributed by atoms with Gasteiger partial charge in [-0.1, -0.05) is 286 Å². The fourth-order valence-electron chi connectivity index (χ4n) is 8.90. The zero-order valence-electron chi connectivity index (χ0n) is 43.2. The number of thioether (sulfide) groups is 2. The first-order valence-corrected chi connectivity index (χ1v) is 28.6. The quantitative estimate of drug-likeness (QED) is 0.0244. The molecule has 0 spiro atoms. The molecule has 0 fully saturated rings. The van der Waals surface area contributed by atoms with Gasteiger partial charge in [0.2, 0.25) is 0 Å². The van der Waals surface area contributed by atoms with Crippen molar-refractivity contribution in [1.29, 1.82) is 0 Å². The first kappa shape index (κ1) is 56.0. The average Bonchev–Trinajstić information content (AvgIpc) is 3.36. The molecule has 5 aromatic rings. The molecule has 0 saturated carbocycles. The van der Waals surface area contributed by atoms with E-state index in [0.29, 0.717) is 0 Å². The highest BCUT2D eigenvalue weighted by Gasteiger charge is 2.09. The molecule has 4 heteroatoms. The SMILES string of the molecule is CCCCCCCCCCCCc1cc(/C=C/c2ccc(/C=C/c3ccc(SC(C)=O)cc3)cc2)c(CCCCCCCCCCCC)cc1/C=C/c1ccc(/C=C/c2ccc(SC(C)=O)cc2)cc1. The van der Waals surface area contributed by atoms with Crippen molar-refractivity contribution in [2.45, 2.75) is 179 Å². The van der Waals surface area contributed by atoms with Crippen LogP contribution in [0.25, 0.3) is 48.6 Å². The van der Waals surface area contributed by atoms with Crippen molar-refractivity contribution in [3.8, 4) is 0 Å². The lowest BCUT2D eigenvalue weighted by Crippen LogP contribution is -1.98. The van der Waals surface area contributed by atoms with Crippen LogP contribution in [0.2, 0.25) is 0 Å². The largest absolute Gasteiger partial charge is 0.287 e. The third-order valence-electron chi connectivity index (χ3n) is 13.0. The van der Waals surface area contributed by atoms with E-state index in [2.05, 4.69) is 147 Å². The van der Waals surface area contributed by atoms with Crippen LogP contribution in [0.3, 0.4) is 0 Å². The van der Waals surface area contributed by atoms with Crippen LogP contribution in [-0.4, -0.2) is 10.2 Å². The molecule has 70 heavy (non-hydrogen) atoms. The van der Waals surface area contributed by atoms with E-state index in [1.165, 1.54) is 185 Å². The van der Waals surface area contributed by atoms with E-state index < -0.39 is 0 Å². The highest BCUT2D eigenvalue weighted by molar-refractivity contribution is 8.13. The summed E-state index contributed by atoms with van der Waals surface area (Å²) < 4.78 is 0. The van der Waals surface area contributed by atoms with Crippen molar-refractivity contribution in [3.05, 3.63) is 165 Å². The number of unbranched alkanes of at least 4 members (excludes halogenated alkanes) is 18. The van der Waals surface area contributed by atoms with Crippen molar-refractivity contribution >= 4 is 82.4 Å². The first-order chi connectivity index (χ1) is 34.3. The number of hydrogen-bond acceptors (Lipinski definition) is 4. The summed E-state index contributed by atoms with van der Waals surface area (Å²) >= 11 is 2.54. The van der Waals surface area contributed by atoms with Crippen molar-refractivity contribution in [2.75, 3.05) is 0 Å². The molecule has 5 rings (SSSR count). The summed E-state index contributed by atoms with van der Waals surface area (Å²) in [4.78, 5) is 24.9. The van der Waals surface area contributed by atoms with Crippen LogP contribution in [-0.2, 0) is 22.4 Å². The van der Waals surface area contributed by atoms with Crippen molar-refractivity contribution in [2.24, 2.45) is 0 Å². The van der Waals surface area contributed by atoms with E-state index in [9.17, 15) is 9.59 Å². The number of hydrogen-bond donors (Lipinski definition) is 0. The molecule has 0 N–H and O–H groups in total. The van der Waals surface area contributed by atoms with Crippen LogP contribution in [0.5, 0.6) is 0 Å². The number of carbonyl (C=O) groups is 2. The summed E-state index contributed by atoms with van der Waals surface area (Å²) in [5.41, 5.74) is 12.6. The van der Waals surface area contributed by atoms with Crippen LogP contribution < -0.4 is 0 Å². The summed E-state index contributed by atoms with van der Waals surface area (Å²) in [6.07, 6.45) is 46.9. The first-order valence-electron chi connectivity index (χ1n) is 26.9. The van der Waals surface area contributed by atoms with Crippen molar-refractivity contribution in [1.82, 2.24) is 0 Å². The van der Waals surface area contributed by atoms with Gasteiger partial charge in [-0.25, -0.2) is 0 Å². The van der Waals surface area contributed by atoms with Crippen LogP contribution in [0, 0.1) is 0 Å². The predicted octanol–water partition coefficient (Wildman–Crippen LogP) is 20.6. The van der Waals surface area contributed by atoms with E-state index in [4.69, 9.17) is 0 Å². The topological polar surface area (TPSA) is 34.1 Å². The minimum atomic E-state index is 0.104. The van der Waals surface area contributed by atoms with Gasteiger partial charge < -0.3 is 0 Å². The average molecular weight is 972 g/mol. The maximum atomic E-state index is 11.5. The molecule has 5 aromatic carbocycles. The van der Waals surface area contributed by atoms with E-state index in [1.807, 2.05) is 24.3 Å². The Hall–Kier alpha value is -4.90. The number of benzene rings is 5. The molecule has 0 saturated heterocycles. The summed E-state index contributed by atoms with van der Waals surface area (Å²) in [5, 5.41) is 0.208. The third kappa shape index (κ3) is 22.9. The van der Waals surface area contributed by atoms with E-state index >= 15 is 0 Å². The highest BCUT2D eigenvalue weighted by Crippen LogP contribution is 2.27. The Labute approximate surface area is 433 Å². The molecule has 0 radical (unpaired) electrons. The Morgan fingerprint density at radius 1 is 0.329 bits per heavy atom.